The first-order valence-corrected chi connectivity index (χ1v) is 4.80. The molecular weight excluding hydrogens is 156 g/mol. The number of terminal acetylenes is 1. The fourth-order valence-electron chi connectivity index (χ4n) is 1.32. The van der Waals surface area contributed by atoms with Crippen molar-refractivity contribution in [3.8, 4) is 12.3 Å². The third-order valence-corrected chi connectivity index (χ3v) is 2.26. The Kier molecular flexibility index (Phi) is 3.58. The Balaban J connectivity index is 2.65. The lowest BCUT2D eigenvalue weighted by molar-refractivity contribution is 0.751. The van der Waals surface area contributed by atoms with Crippen LogP contribution in [0.2, 0.25) is 0 Å². The molecule has 0 saturated carbocycles. The molecule has 0 radical (unpaired) electrons. The minimum Gasteiger partial charge on any atom is -0.120 e. The molecule has 0 amide bonds. The number of aryl methyl sites for hydroxylation is 1. The Morgan fingerprint density at radius 1 is 1.23 bits per heavy atom. The highest BCUT2D eigenvalue weighted by atomic mass is 14.0. The predicted octanol–water partition coefficient (Wildman–Crippen LogP) is 3.06. The number of hydrogen-bond donors (Lipinski definition) is 0. The molecule has 0 aliphatic rings. The lowest BCUT2D eigenvalue weighted by Gasteiger charge is -2.04. The molecule has 68 valence electrons. The van der Waals surface area contributed by atoms with Crippen LogP contribution in [-0.2, 0) is 12.8 Å². The van der Waals surface area contributed by atoms with Gasteiger partial charge in [-0.3, -0.25) is 0 Å². The van der Waals surface area contributed by atoms with Crippen LogP contribution in [0.4, 0.5) is 0 Å². The standard InChI is InChI=1S/C13H16/c1-4-11(3)10-13-8-6-12(5-2)7-9-13/h1,6-9,11H,5,10H2,2-3H3. The van der Waals surface area contributed by atoms with Crippen LogP contribution in [0.25, 0.3) is 0 Å². The van der Waals surface area contributed by atoms with E-state index in [1.807, 2.05) is 0 Å². The van der Waals surface area contributed by atoms with Gasteiger partial charge in [-0.15, -0.1) is 12.3 Å². The van der Waals surface area contributed by atoms with Crippen molar-refractivity contribution in [3.05, 3.63) is 35.4 Å². The minimum atomic E-state index is 0.340. The van der Waals surface area contributed by atoms with Gasteiger partial charge in [-0.1, -0.05) is 38.1 Å². The van der Waals surface area contributed by atoms with E-state index in [0.717, 1.165) is 12.8 Å². The van der Waals surface area contributed by atoms with Crippen LogP contribution >= 0.6 is 0 Å². The van der Waals surface area contributed by atoms with Crippen LogP contribution in [0.1, 0.15) is 25.0 Å². The van der Waals surface area contributed by atoms with Crippen molar-refractivity contribution in [3.63, 3.8) is 0 Å². The highest BCUT2D eigenvalue weighted by Crippen LogP contribution is 2.09. The molecule has 0 saturated heterocycles. The summed E-state index contributed by atoms with van der Waals surface area (Å²) >= 11 is 0. The van der Waals surface area contributed by atoms with Crippen molar-refractivity contribution in [1.82, 2.24) is 0 Å². The molecule has 0 fully saturated rings. The Morgan fingerprint density at radius 3 is 2.23 bits per heavy atom. The highest BCUT2D eigenvalue weighted by Gasteiger charge is 1.98. The summed E-state index contributed by atoms with van der Waals surface area (Å²) in [5.41, 5.74) is 2.72. The first-order valence-electron chi connectivity index (χ1n) is 4.80. The molecule has 0 spiro atoms. The molecule has 0 aliphatic carbocycles. The average Bonchev–Trinajstić information content (AvgIpc) is 2.19. The van der Waals surface area contributed by atoms with Gasteiger partial charge in [0.2, 0.25) is 0 Å². The monoisotopic (exact) mass is 172 g/mol. The Labute approximate surface area is 81.0 Å². The third-order valence-electron chi connectivity index (χ3n) is 2.26. The van der Waals surface area contributed by atoms with Crippen LogP contribution in [0.3, 0.4) is 0 Å². The Bertz CT molecular complexity index is 287. The van der Waals surface area contributed by atoms with Gasteiger partial charge < -0.3 is 0 Å². The molecular formula is C13H16. The van der Waals surface area contributed by atoms with Crippen LogP contribution in [0, 0.1) is 18.3 Å². The highest BCUT2D eigenvalue weighted by molar-refractivity contribution is 5.23. The second-order valence-electron chi connectivity index (χ2n) is 3.44. The van der Waals surface area contributed by atoms with E-state index >= 15 is 0 Å². The molecule has 1 atom stereocenters. The summed E-state index contributed by atoms with van der Waals surface area (Å²) in [6.45, 7) is 4.24. The summed E-state index contributed by atoms with van der Waals surface area (Å²) in [5, 5.41) is 0. The summed E-state index contributed by atoms with van der Waals surface area (Å²) in [4.78, 5) is 0. The largest absolute Gasteiger partial charge is 0.120 e. The summed E-state index contributed by atoms with van der Waals surface area (Å²) < 4.78 is 0. The van der Waals surface area contributed by atoms with E-state index in [1.54, 1.807) is 0 Å². The van der Waals surface area contributed by atoms with Gasteiger partial charge in [-0.05, 0) is 24.0 Å². The van der Waals surface area contributed by atoms with E-state index in [1.165, 1.54) is 11.1 Å². The van der Waals surface area contributed by atoms with Crippen LogP contribution < -0.4 is 0 Å². The maximum atomic E-state index is 5.33. The number of benzene rings is 1. The molecule has 0 nitrogen and oxygen atoms in total. The van der Waals surface area contributed by atoms with Crippen molar-refractivity contribution in [2.75, 3.05) is 0 Å². The SMILES string of the molecule is C#CC(C)Cc1ccc(CC)cc1. The van der Waals surface area contributed by atoms with Gasteiger partial charge in [0.1, 0.15) is 0 Å². The summed E-state index contributed by atoms with van der Waals surface area (Å²) in [6, 6.07) is 8.70. The molecule has 13 heavy (non-hydrogen) atoms. The number of rotatable bonds is 3. The topological polar surface area (TPSA) is 0 Å². The van der Waals surface area contributed by atoms with E-state index in [9.17, 15) is 0 Å². The normalized spacial score (nSPS) is 12.1. The zero-order valence-corrected chi connectivity index (χ0v) is 8.38. The minimum absolute atomic E-state index is 0.340. The van der Waals surface area contributed by atoms with Crippen LogP contribution in [0.15, 0.2) is 24.3 Å². The van der Waals surface area contributed by atoms with Crippen LogP contribution in [0.5, 0.6) is 0 Å². The molecule has 0 heterocycles. The van der Waals surface area contributed by atoms with E-state index in [-0.39, 0.29) is 0 Å². The first-order chi connectivity index (χ1) is 6.26. The maximum Gasteiger partial charge on any atom is 0.0212 e. The van der Waals surface area contributed by atoms with Crippen molar-refractivity contribution in [2.24, 2.45) is 5.92 Å². The fourth-order valence-corrected chi connectivity index (χ4v) is 1.32. The molecule has 1 aromatic carbocycles. The van der Waals surface area contributed by atoms with E-state index in [4.69, 9.17) is 6.42 Å². The van der Waals surface area contributed by atoms with Gasteiger partial charge >= 0.3 is 0 Å². The molecule has 0 heteroatoms. The Morgan fingerprint density at radius 2 is 1.77 bits per heavy atom. The summed E-state index contributed by atoms with van der Waals surface area (Å²) in [7, 11) is 0. The van der Waals surface area contributed by atoms with Crippen molar-refractivity contribution in [2.45, 2.75) is 26.7 Å². The first kappa shape index (κ1) is 9.86. The molecule has 1 unspecified atom stereocenters. The molecule has 1 rings (SSSR count). The smallest absolute Gasteiger partial charge is 0.0212 e. The lowest BCUT2D eigenvalue weighted by Crippen LogP contribution is -1.95. The Hall–Kier alpha value is -1.22. The number of hydrogen-bond acceptors (Lipinski definition) is 0. The van der Waals surface area contributed by atoms with E-state index in [2.05, 4.69) is 44.0 Å². The molecule has 1 aromatic rings. The van der Waals surface area contributed by atoms with Gasteiger partial charge in [-0.2, -0.15) is 0 Å². The summed E-state index contributed by atoms with van der Waals surface area (Å²) in [6.07, 6.45) is 7.41. The van der Waals surface area contributed by atoms with Gasteiger partial charge in [0.05, 0.1) is 0 Å². The van der Waals surface area contributed by atoms with E-state index in [0.29, 0.717) is 5.92 Å². The van der Waals surface area contributed by atoms with Crippen molar-refractivity contribution >= 4 is 0 Å². The van der Waals surface area contributed by atoms with E-state index < -0.39 is 0 Å². The van der Waals surface area contributed by atoms with Gasteiger partial charge in [0.25, 0.3) is 0 Å². The van der Waals surface area contributed by atoms with Gasteiger partial charge in [0.15, 0.2) is 0 Å². The maximum absolute atomic E-state index is 5.33. The van der Waals surface area contributed by atoms with Crippen molar-refractivity contribution in [1.29, 1.82) is 0 Å². The lowest BCUT2D eigenvalue weighted by atomic mass is 10.0. The molecule has 0 bridgehead atoms. The predicted molar refractivity (Wildman–Crippen MR) is 57.5 cm³/mol. The second kappa shape index (κ2) is 4.72. The van der Waals surface area contributed by atoms with Crippen LogP contribution in [-0.4, -0.2) is 0 Å². The fraction of sp³-hybridized carbons (Fsp3) is 0.385. The van der Waals surface area contributed by atoms with Gasteiger partial charge in [-0.25, -0.2) is 0 Å². The molecule has 0 aromatic heterocycles. The zero-order chi connectivity index (χ0) is 9.68. The third kappa shape index (κ3) is 2.95. The zero-order valence-electron chi connectivity index (χ0n) is 8.38. The second-order valence-corrected chi connectivity index (χ2v) is 3.44. The molecule has 0 N–H and O–H groups in total. The molecule has 0 aliphatic heterocycles. The van der Waals surface area contributed by atoms with Crippen molar-refractivity contribution < 1.29 is 0 Å². The summed E-state index contributed by atoms with van der Waals surface area (Å²) in [5.74, 6) is 3.08. The quantitative estimate of drug-likeness (QED) is 0.615. The van der Waals surface area contributed by atoms with Gasteiger partial charge in [0, 0.05) is 5.92 Å². The average molecular weight is 172 g/mol.